The molecule has 4 heteroatoms. The Bertz CT molecular complexity index is 353. The van der Waals surface area contributed by atoms with Gasteiger partial charge in [-0.2, -0.15) is 0 Å². The Balaban J connectivity index is 2.28. The molecule has 1 aliphatic heterocycles. The van der Waals surface area contributed by atoms with Crippen LogP contribution in [0.15, 0.2) is 24.3 Å². The van der Waals surface area contributed by atoms with Gasteiger partial charge in [-0.15, -0.1) is 0 Å². The third-order valence-corrected chi connectivity index (χ3v) is 3.02. The van der Waals surface area contributed by atoms with Crippen LogP contribution in [-0.4, -0.2) is 18.5 Å². The summed E-state index contributed by atoms with van der Waals surface area (Å²) in [6.45, 7) is 0.638. The number of amides is 1. The highest BCUT2D eigenvalue weighted by Gasteiger charge is 2.35. The third-order valence-electron chi connectivity index (χ3n) is 2.11. The molecule has 0 aromatic heterocycles. The molecule has 1 aromatic carbocycles. The van der Waals surface area contributed by atoms with Crippen LogP contribution in [0.2, 0.25) is 0 Å². The van der Waals surface area contributed by atoms with Crippen LogP contribution in [0.5, 0.6) is 0 Å². The van der Waals surface area contributed by atoms with Crippen molar-refractivity contribution < 1.29 is 4.79 Å². The topological polar surface area (TPSA) is 46.3 Å². The van der Waals surface area contributed by atoms with Gasteiger partial charge in [0.25, 0.3) is 0 Å². The third kappa shape index (κ3) is 1.44. The van der Waals surface area contributed by atoms with Gasteiger partial charge in [0.1, 0.15) is 6.04 Å². The highest BCUT2D eigenvalue weighted by atomic mass is 127. The van der Waals surface area contributed by atoms with Gasteiger partial charge in [0.05, 0.1) is 12.2 Å². The highest BCUT2D eigenvalue weighted by molar-refractivity contribution is 14.1. The molecular formula is C9H9IN2O. The molecule has 0 spiro atoms. The molecule has 0 saturated carbocycles. The Morgan fingerprint density at radius 3 is 2.69 bits per heavy atom. The van der Waals surface area contributed by atoms with Gasteiger partial charge in [-0.05, 0) is 34.7 Å². The lowest BCUT2D eigenvalue weighted by Crippen LogP contribution is -2.61. The summed E-state index contributed by atoms with van der Waals surface area (Å²) in [7, 11) is 0. The average molecular weight is 288 g/mol. The number of anilines is 1. The summed E-state index contributed by atoms with van der Waals surface area (Å²) in [5.74, 6) is 0.0177. The van der Waals surface area contributed by atoms with Crippen LogP contribution in [0.3, 0.4) is 0 Å². The van der Waals surface area contributed by atoms with Crippen LogP contribution in [0.4, 0.5) is 5.69 Å². The maximum absolute atomic E-state index is 11.3. The molecule has 1 saturated heterocycles. The van der Waals surface area contributed by atoms with Crippen molar-refractivity contribution in [2.24, 2.45) is 5.73 Å². The van der Waals surface area contributed by atoms with Crippen LogP contribution in [0.25, 0.3) is 0 Å². The zero-order valence-electron chi connectivity index (χ0n) is 6.90. The predicted octanol–water partition coefficient (Wildman–Crippen LogP) is 0.965. The van der Waals surface area contributed by atoms with E-state index < -0.39 is 0 Å². The summed E-state index contributed by atoms with van der Waals surface area (Å²) < 4.78 is 1.08. The van der Waals surface area contributed by atoms with Gasteiger partial charge in [0.15, 0.2) is 0 Å². The number of hydrogen-bond acceptors (Lipinski definition) is 2. The molecule has 1 fully saturated rings. The van der Waals surface area contributed by atoms with Crippen LogP contribution >= 0.6 is 22.6 Å². The molecule has 1 aromatic rings. The molecule has 2 N–H and O–H groups in total. The zero-order valence-corrected chi connectivity index (χ0v) is 9.06. The zero-order chi connectivity index (χ0) is 9.42. The molecule has 2 rings (SSSR count). The lowest BCUT2D eigenvalue weighted by molar-refractivity contribution is -0.123. The molecular weight excluding hydrogens is 279 g/mol. The standard InChI is InChI=1S/C9H9IN2O/c10-6-3-1-2-4-8(6)12-5-7(11)9(12)13/h1-4,7H,5,11H2. The fourth-order valence-corrected chi connectivity index (χ4v) is 2.02. The number of carbonyl (C=O) groups is 1. The Kier molecular flexibility index (Phi) is 2.25. The lowest BCUT2D eigenvalue weighted by Gasteiger charge is -2.36. The van der Waals surface area contributed by atoms with E-state index >= 15 is 0 Å². The quantitative estimate of drug-likeness (QED) is 0.618. The van der Waals surface area contributed by atoms with Crippen LogP contribution in [0.1, 0.15) is 0 Å². The molecule has 0 bridgehead atoms. The SMILES string of the molecule is NC1CN(c2ccccc2I)C1=O. The first-order valence-corrected chi connectivity index (χ1v) is 5.09. The van der Waals surface area contributed by atoms with Gasteiger partial charge < -0.3 is 10.6 Å². The maximum atomic E-state index is 11.3. The number of β-lactam (4-membered cyclic amide) rings is 1. The van der Waals surface area contributed by atoms with Crippen LogP contribution < -0.4 is 10.6 Å². The highest BCUT2D eigenvalue weighted by Crippen LogP contribution is 2.26. The van der Waals surface area contributed by atoms with Gasteiger partial charge in [0, 0.05) is 3.57 Å². The molecule has 1 unspecified atom stereocenters. The average Bonchev–Trinajstić information content (AvgIpc) is 2.15. The van der Waals surface area contributed by atoms with E-state index in [0.29, 0.717) is 6.54 Å². The minimum Gasteiger partial charge on any atom is -0.318 e. The van der Waals surface area contributed by atoms with E-state index in [1.165, 1.54) is 0 Å². The fourth-order valence-electron chi connectivity index (χ4n) is 1.34. The molecule has 3 nitrogen and oxygen atoms in total. The van der Waals surface area contributed by atoms with Crippen LogP contribution in [0, 0.1) is 3.57 Å². The minimum absolute atomic E-state index is 0.0177. The first kappa shape index (κ1) is 8.96. The Morgan fingerprint density at radius 1 is 1.46 bits per heavy atom. The van der Waals surface area contributed by atoms with Crippen molar-refractivity contribution >= 4 is 34.2 Å². The molecule has 1 atom stereocenters. The van der Waals surface area contributed by atoms with Gasteiger partial charge in [-0.25, -0.2) is 0 Å². The molecule has 68 valence electrons. The number of benzene rings is 1. The fraction of sp³-hybridized carbons (Fsp3) is 0.222. The first-order chi connectivity index (χ1) is 6.20. The number of hydrogen-bond donors (Lipinski definition) is 1. The molecule has 1 aliphatic rings. The molecule has 1 heterocycles. The number of nitrogens with zero attached hydrogens (tertiary/aromatic N) is 1. The first-order valence-electron chi connectivity index (χ1n) is 4.01. The van der Waals surface area contributed by atoms with Crippen molar-refractivity contribution in [2.45, 2.75) is 6.04 Å². The monoisotopic (exact) mass is 288 g/mol. The van der Waals surface area contributed by atoms with E-state index in [1.54, 1.807) is 4.90 Å². The van der Waals surface area contributed by atoms with Crippen molar-refractivity contribution in [1.29, 1.82) is 0 Å². The maximum Gasteiger partial charge on any atom is 0.245 e. The number of nitrogens with two attached hydrogens (primary N) is 1. The van der Waals surface area contributed by atoms with Gasteiger partial charge in [0.2, 0.25) is 5.91 Å². The van der Waals surface area contributed by atoms with Crippen LogP contribution in [-0.2, 0) is 4.79 Å². The molecule has 0 aliphatic carbocycles. The second-order valence-electron chi connectivity index (χ2n) is 3.01. The summed E-state index contributed by atoms with van der Waals surface area (Å²) in [6, 6.07) is 7.50. The summed E-state index contributed by atoms with van der Waals surface area (Å²) in [5, 5.41) is 0. The second kappa shape index (κ2) is 3.26. The number of para-hydroxylation sites is 1. The van der Waals surface area contributed by atoms with E-state index in [4.69, 9.17) is 5.73 Å². The van der Waals surface area contributed by atoms with Crippen molar-refractivity contribution in [1.82, 2.24) is 0 Å². The number of rotatable bonds is 1. The van der Waals surface area contributed by atoms with E-state index in [2.05, 4.69) is 22.6 Å². The lowest BCUT2D eigenvalue weighted by atomic mass is 10.1. The van der Waals surface area contributed by atoms with Gasteiger partial charge in [-0.1, -0.05) is 12.1 Å². The van der Waals surface area contributed by atoms with Gasteiger partial charge >= 0.3 is 0 Å². The minimum atomic E-state index is -0.295. The Labute approximate surface area is 90.0 Å². The van der Waals surface area contributed by atoms with Crippen molar-refractivity contribution in [3.63, 3.8) is 0 Å². The smallest absolute Gasteiger partial charge is 0.245 e. The number of halogens is 1. The molecule has 0 radical (unpaired) electrons. The van der Waals surface area contributed by atoms with Crippen molar-refractivity contribution in [2.75, 3.05) is 11.4 Å². The summed E-state index contributed by atoms with van der Waals surface area (Å²) in [4.78, 5) is 13.0. The summed E-state index contributed by atoms with van der Waals surface area (Å²) in [5.41, 5.74) is 6.47. The van der Waals surface area contributed by atoms with Gasteiger partial charge in [-0.3, -0.25) is 4.79 Å². The summed E-state index contributed by atoms with van der Waals surface area (Å²) in [6.07, 6.45) is 0. The summed E-state index contributed by atoms with van der Waals surface area (Å²) >= 11 is 2.22. The van der Waals surface area contributed by atoms with E-state index in [1.807, 2.05) is 24.3 Å². The van der Waals surface area contributed by atoms with E-state index in [0.717, 1.165) is 9.26 Å². The second-order valence-corrected chi connectivity index (χ2v) is 4.17. The predicted molar refractivity (Wildman–Crippen MR) is 59.5 cm³/mol. The van der Waals surface area contributed by atoms with E-state index in [9.17, 15) is 4.79 Å². The molecule has 1 amide bonds. The Morgan fingerprint density at radius 2 is 2.15 bits per heavy atom. The van der Waals surface area contributed by atoms with Crippen molar-refractivity contribution in [3.05, 3.63) is 27.8 Å². The largest absolute Gasteiger partial charge is 0.318 e. The Hall–Kier alpha value is -0.620. The molecule has 13 heavy (non-hydrogen) atoms. The normalized spacial score (nSPS) is 21.5. The van der Waals surface area contributed by atoms with Crippen molar-refractivity contribution in [3.8, 4) is 0 Å². The number of carbonyl (C=O) groups excluding carboxylic acids is 1. The van der Waals surface area contributed by atoms with E-state index in [-0.39, 0.29) is 11.9 Å².